The summed E-state index contributed by atoms with van der Waals surface area (Å²) < 4.78 is 2.05. The summed E-state index contributed by atoms with van der Waals surface area (Å²) in [6.45, 7) is 10.5. The van der Waals surface area contributed by atoms with Gasteiger partial charge in [0.15, 0.2) is 5.16 Å². The molecule has 0 bridgehead atoms. The van der Waals surface area contributed by atoms with Crippen molar-refractivity contribution in [3.8, 4) is 5.69 Å². The van der Waals surface area contributed by atoms with Crippen LogP contribution in [0.2, 0.25) is 0 Å². The lowest BCUT2D eigenvalue weighted by Gasteiger charge is -2.16. The average molecular weight is 394 g/mol. The summed E-state index contributed by atoms with van der Waals surface area (Å²) >= 11 is 1.45. The van der Waals surface area contributed by atoms with E-state index in [2.05, 4.69) is 56.2 Å². The first-order valence-corrected chi connectivity index (χ1v) is 10.5. The normalized spacial score (nSPS) is 11.1. The maximum absolute atomic E-state index is 12.6. The van der Waals surface area contributed by atoms with Crippen molar-refractivity contribution in [2.24, 2.45) is 0 Å². The first-order chi connectivity index (χ1) is 13.4. The van der Waals surface area contributed by atoms with Crippen molar-refractivity contribution < 1.29 is 4.79 Å². The topological polar surface area (TPSA) is 46.9 Å². The molecule has 28 heavy (non-hydrogen) atoms. The van der Waals surface area contributed by atoms with E-state index in [1.54, 1.807) is 6.20 Å². The van der Waals surface area contributed by atoms with Crippen LogP contribution < -0.4 is 5.32 Å². The molecule has 0 radical (unpaired) electrons. The minimum absolute atomic E-state index is 0.0169. The maximum atomic E-state index is 12.6. The fourth-order valence-corrected chi connectivity index (χ4v) is 3.99. The number of rotatable bonds is 6. The monoisotopic (exact) mass is 393 g/mol. The molecule has 0 unspecified atom stereocenters. The van der Waals surface area contributed by atoms with Crippen LogP contribution in [0.4, 0.5) is 5.69 Å². The van der Waals surface area contributed by atoms with Gasteiger partial charge in [-0.05, 0) is 55.0 Å². The Morgan fingerprint density at radius 1 is 1.11 bits per heavy atom. The first kappa shape index (κ1) is 20.2. The number of aryl methyl sites for hydroxylation is 2. The zero-order valence-corrected chi connectivity index (χ0v) is 17.9. The van der Waals surface area contributed by atoms with Gasteiger partial charge in [0.25, 0.3) is 0 Å². The molecule has 0 spiro atoms. The van der Waals surface area contributed by atoms with Crippen molar-refractivity contribution in [1.82, 2.24) is 9.55 Å². The maximum Gasteiger partial charge on any atom is 0.234 e. The van der Waals surface area contributed by atoms with Crippen LogP contribution in [0.5, 0.6) is 0 Å². The van der Waals surface area contributed by atoms with E-state index in [4.69, 9.17) is 0 Å². The number of nitrogens with zero attached hydrogens (tertiary/aromatic N) is 2. The van der Waals surface area contributed by atoms with E-state index in [-0.39, 0.29) is 5.91 Å². The predicted molar refractivity (Wildman–Crippen MR) is 118 cm³/mol. The number of thioether (sulfide) groups is 1. The standard InChI is InChI=1S/C23H27N3OS/c1-15(2)19-10-6-9-17(4)22(19)25-21(27)14-28-23-24-12-13-26(23)20-11-7-8-16(3)18(20)5/h6-13,15H,14H2,1-5H3,(H,25,27). The number of amides is 1. The first-order valence-electron chi connectivity index (χ1n) is 9.50. The van der Waals surface area contributed by atoms with E-state index in [0.717, 1.165) is 27.7 Å². The summed E-state index contributed by atoms with van der Waals surface area (Å²) in [5.41, 5.74) is 6.73. The molecule has 0 atom stereocenters. The highest BCUT2D eigenvalue weighted by atomic mass is 32.2. The quantitative estimate of drug-likeness (QED) is 0.550. The summed E-state index contributed by atoms with van der Waals surface area (Å²) in [4.78, 5) is 17.1. The number of para-hydroxylation sites is 1. The molecule has 146 valence electrons. The Bertz CT molecular complexity index is 991. The number of hydrogen-bond donors (Lipinski definition) is 1. The largest absolute Gasteiger partial charge is 0.325 e. The molecule has 1 aromatic heterocycles. The van der Waals surface area contributed by atoms with Gasteiger partial charge in [-0.25, -0.2) is 4.98 Å². The number of nitrogens with one attached hydrogen (secondary N) is 1. The number of benzene rings is 2. The molecule has 1 amide bonds. The minimum Gasteiger partial charge on any atom is -0.325 e. The summed E-state index contributed by atoms with van der Waals surface area (Å²) in [5, 5.41) is 3.92. The Kier molecular flexibility index (Phi) is 6.25. The van der Waals surface area contributed by atoms with Gasteiger partial charge in [-0.3, -0.25) is 9.36 Å². The molecule has 2 aromatic carbocycles. The molecule has 4 nitrogen and oxygen atoms in total. The van der Waals surface area contributed by atoms with E-state index in [0.29, 0.717) is 11.7 Å². The van der Waals surface area contributed by atoms with Gasteiger partial charge in [0.2, 0.25) is 5.91 Å². The lowest BCUT2D eigenvalue weighted by Crippen LogP contribution is -2.17. The predicted octanol–water partition coefficient (Wildman–Crippen LogP) is 5.65. The van der Waals surface area contributed by atoms with Gasteiger partial charge in [0.05, 0.1) is 11.4 Å². The van der Waals surface area contributed by atoms with Crippen LogP contribution in [0.3, 0.4) is 0 Å². The Balaban J connectivity index is 1.74. The van der Waals surface area contributed by atoms with E-state index in [1.807, 2.05) is 35.9 Å². The molecule has 0 aliphatic carbocycles. The van der Waals surface area contributed by atoms with Gasteiger partial charge in [0, 0.05) is 18.1 Å². The molecular weight excluding hydrogens is 366 g/mol. The molecule has 0 saturated heterocycles. The zero-order chi connectivity index (χ0) is 20.3. The summed E-state index contributed by atoms with van der Waals surface area (Å²) in [7, 11) is 0. The van der Waals surface area contributed by atoms with Gasteiger partial charge in [-0.15, -0.1) is 0 Å². The summed E-state index contributed by atoms with van der Waals surface area (Å²) in [5.74, 6) is 0.649. The second-order valence-corrected chi connectivity index (χ2v) is 8.27. The van der Waals surface area contributed by atoms with Crippen molar-refractivity contribution in [3.05, 3.63) is 71.0 Å². The van der Waals surface area contributed by atoms with Crippen LogP contribution in [-0.4, -0.2) is 21.2 Å². The van der Waals surface area contributed by atoms with Crippen molar-refractivity contribution in [1.29, 1.82) is 0 Å². The molecule has 0 aliphatic rings. The van der Waals surface area contributed by atoms with Gasteiger partial charge in [-0.2, -0.15) is 0 Å². The molecule has 1 N–H and O–H groups in total. The molecule has 0 fully saturated rings. The lowest BCUT2D eigenvalue weighted by atomic mass is 9.98. The van der Waals surface area contributed by atoms with Gasteiger partial charge in [0.1, 0.15) is 0 Å². The Morgan fingerprint density at radius 2 is 1.82 bits per heavy atom. The average Bonchev–Trinajstić information content (AvgIpc) is 3.12. The number of carbonyl (C=O) groups is 1. The summed E-state index contributed by atoms with van der Waals surface area (Å²) in [6, 6.07) is 12.4. The molecule has 5 heteroatoms. The smallest absolute Gasteiger partial charge is 0.234 e. The molecular formula is C23H27N3OS. The number of aromatic nitrogens is 2. The third-order valence-corrected chi connectivity index (χ3v) is 5.93. The molecule has 1 heterocycles. The minimum atomic E-state index is -0.0169. The van der Waals surface area contributed by atoms with Crippen LogP contribution in [0.15, 0.2) is 53.9 Å². The van der Waals surface area contributed by atoms with Crippen LogP contribution >= 0.6 is 11.8 Å². The summed E-state index contributed by atoms with van der Waals surface area (Å²) in [6.07, 6.45) is 3.72. The highest BCUT2D eigenvalue weighted by molar-refractivity contribution is 7.99. The van der Waals surface area contributed by atoms with Crippen LogP contribution in [-0.2, 0) is 4.79 Å². The molecule has 0 saturated carbocycles. The van der Waals surface area contributed by atoms with Crippen LogP contribution in [0.1, 0.15) is 42.0 Å². The third-order valence-electron chi connectivity index (χ3n) is 4.97. The van der Waals surface area contributed by atoms with Crippen molar-refractivity contribution in [2.45, 2.75) is 45.7 Å². The highest BCUT2D eigenvalue weighted by Gasteiger charge is 2.14. The van der Waals surface area contributed by atoms with Crippen molar-refractivity contribution >= 4 is 23.4 Å². The Labute approximate surface area is 171 Å². The van der Waals surface area contributed by atoms with E-state index < -0.39 is 0 Å². The second-order valence-electron chi connectivity index (χ2n) is 7.33. The van der Waals surface area contributed by atoms with Gasteiger partial charge in [-0.1, -0.05) is 55.9 Å². The van der Waals surface area contributed by atoms with Crippen molar-refractivity contribution in [3.63, 3.8) is 0 Å². The highest BCUT2D eigenvalue weighted by Crippen LogP contribution is 2.28. The van der Waals surface area contributed by atoms with Crippen molar-refractivity contribution in [2.75, 3.05) is 11.1 Å². The fourth-order valence-electron chi connectivity index (χ4n) is 3.22. The third kappa shape index (κ3) is 4.30. The molecule has 0 aliphatic heterocycles. The van der Waals surface area contributed by atoms with Gasteiger partial charge >= 0.3 is 0 Å². The fraction of sp³-hybridized carbons (Fsp3) is 0.304. The number of carbonyl (C=O) groups excluding carboxylic acids is 1. The lowest BCUT2D eigenvalue weighted by molar-refractivity contribution is -0.113. The molecule has 3 rings (SSSR count). The van der Waals surface area contributed by atoms with E-state index in [1.165, 1.54) is 22.9 Å². The van der Waals surface area contributed by atoms with E-state index in [9.17, 15) is 4.79 Å². The SMILES string of the molecule is Cc1cccc(-n2ccnc2SCC(=O)Nc2c(C)cccc2C(C)C)c1C. The number of hydrogen-bond acceptors (Lipinski definition) is 3. The van der Waals surface area contributed by atoms with Crippen LogP contribution in [0.25, 0.3) is 5.69 Å². The van der Waals surface area contributed by atoms with Gasteiger partial charge < -0.3 is 5.32 Å². The second kappa shape index (κ2) is 8.65. The van der Waals surface area contributed by atoms with E-state index >= 15 is 0 Å². The van der Waals surface area contributed by atoms with Crippen LogP contribution in [0, 0.1) is 20.8 Å². The number of anilines is 1. The number of imidazole rings is 1. The Hall–Kier alpha value is -2.53. The molecule has 3 aromatic rings. The Morgan fingerprint density at radius 3 is 2.57 bits per heavy atom. The zero-order valence-electron chi connectivity index (χ0n) is 17.1.